The third-order valence-corrected chi connectivity index (χ3v) is 5.27. The minimum atomic E-state index is -0.994. The highest BCUT2D eigenvalue weighted by molar-refractivity contribution is 6.08. The lowest BCUT2D eigenvalue weighted by Gasteiger charge is -2.27. The molecule has 0 fully saturated rings. The molecule has 7 heteroatoms. The van der Waals surface area contributed by atoms with Crippen molar-refractivity contribution in [3.8, 4) is 0 Å². The number of aromatic nitrogens is 2. The number of pyridine rings is 1. The summed E-state index contributed by atoms with van der Waals surface area (Å²) in [4.78, 5) is 33.1. The number of fused-ring (bicyclic) bond motifs is 1. The SMILES string of the molecule is C[C@H](c1ccc(C(=O)Nc2ccnc3[nH]ccc23)cc1)N(Cc1ccccc1)C(=O)O. The van der Waals surface area contributed by atoms with Crippen molar-refractivity contribution in [1.29, 1.82) is 0 Å². The van der Waals surface area contributed by atoms with E-state index in [1.807, 2.05) is 43.3 Å². The molecule has 0 aliphatic heterocycles. The maximum atomic E-state index is 12.7. The molecule has 1 atom stereocenters. The first-order chi connectivity index (χ1) is 15.0. The van der Waals surface area contributed by atoms with Crippen LogP contribution in [0.3, 0.4) is 0 Å². The largest absolute Gasteiger partial charge is 0.465 e. The van der Waals surface area contributed by atoms with Crippen LogP contribution in [0.4, 0.5) is 10.5 Å². The highest BCUT2D eigenvalue weighted by atomic mass is 16.4. The Bertz CT molecular complexity index is 1200. The van der Waals surface area contributed by atoms with Crippen LogP contribution >= 0.6 is 0 Å². The quantitative estimate of drug-likeness (QED) is 0.411. The fourth-order valence-electron chi connectivity index (χ4n) is 3.51. The molecule has 4 aromatic rings. The van der Waals surface area contributed by atoms with E-state index in [-0.39, 0.29) is 18.5 Å². The van der Waals surface area contributed by atoms with E-state index in [0.29, 0.717) is 16.9 Å². The van der Waals surface area contributed by atoms with Crippen molar-refractivity contribution in [2.75, 3.05) is 5.32 Å². The zero-order valence-corrected chi connectivity index (χ0v) is 16.9. The lowest BCUT2D eigenvalue weighted by Crippen LogP contribution is -2.31. The molecule has 0 spiro atoms. The smallest absolute Gasteiger partial charge is 0.408 e. The van der Waals surface area contributed by atoms with E-state index in [1.54, 1.807) is 42.7 Å². The maximum absolute atomic E-state index is 12.7. The number of benzene rings is 2. The van der Waals surface area contributed by atoms with Gasteiger partial charge < -0.3 is 15.4 Å². The number of nitrogens with zero attached hydrogens (tertiary/aromatic N) is 2. The van der Waals surface area contributed by atoms with Crippen LogP contribution in [0.2, 0.25) is 0 Å². The third-order valence-electron chi connectivity index (χ3n) is 5.27. The molecule has 0 aliphatic carbocycles. The number of aromatic amines is 1. The Hall–Kier alpha value is -4.13. The van der Waals surface area contributed by atoms with E-state index in [9.17, 15) is 14.7 Å². The molecule has 0 saturated heterocycles. The van der Waals surface area contributed by atoms with E-state index in [0.717, 1.165) is 16.5 Å². The Morgan fingerprint density at radius 2 is 1.81 bits per heavy atom. The van der Waals surface area contributed by atoms with Crippen molar-refractivity contribution in [2.24, 2.45) is 0 Å². The van der Waals surface area contributed by atoms with Crippen molar-refractivity contribution >= 4 is 28.7 Å². The number of carbonyl (C=O) groups excluding carboxylic acids is 1. The average Bonchev–Trinajstić information content (AvgIpc) is 3.27. The van der Waals surface area contributed by atoms with Crippen molar-refractivity contribution in [3.05, 3.63) is 95.8 Å². The molecule has 2 amide bonds. The number of H-pyrrole nitrogens is 1. The van der Waals surface area contributed by atoms with Crippen LogP contribution in [-0.4, -0.2) is 32.0 Å². The van der Waals surface area contributed by atoms with Crippen LogP contribution in [0.15, 0.2) is 79.1 Å². The number of hydrogen-bond acceptors (Lipinski definition) is 3. The summed E-state index contributed by atoms with van der Waals surface area (Å²) in [6.07, 6.45) is 2.41. The van der Waals surface area contributed by atoms with Gasteiger partial charge in [-0.3, -0.25) is 9.69 Å². The Kier molecular flexibility index (Phi) is 5.66. The number of anilines is 1. The van der Waals surface area contributed by atoms with Crippen molar-refractivity contribution < 1.29 is 14.7 Å². The summed E-state index contributed by atoms with van der Waals surface area (Å²) in [7, 11) is 0. The normalized spacial score (nSPS) is 11.8. The lowest BCUT2D eigenvalue weighted by atomic mass is 10.0. The molecule has 4 rings (SSSR count). The van der Waals surface area contributed by atoms with E-state index in [4.69, 9.17) is 0 Å². The highest BCUT2D eigenvalue weighted by Crippen LogP contribution is 2.24. The molecule has 0 radical (unpaired) electrons. The van der Waals surface area contributed by atoms with Gasteiger partial charge in [-0.05, 0) is 42.3 Å². The molecule has 156 valence electrons. The van der Waals surface area contributed by atoms with E-state index < -0.39 is 6.09 Å². The molecular weight excluding hydrogens is 392 g/mol. The molecule has 0 aliphatic rings. The average molecular weight is 414 g/mol. The van der Waals surface area contributed by atoms with E-state index in [2.05, 4.69) is 15.3 Å². The van der Waals surface area contributed by atoms with Gasteiger partial charge in [0.05, 0.1) is 11.7 Å². The van der Waals surface area contributed by atoms with Gasteiger partial charge in [0, 0.05) is 29.9 Å². The summed E-state index contributed by atoms with van der Waals surface area (Å²) in [6, 6.07) is 19.7. The van der Waals surface area contributed by atoms with Crippen LogP contribution in [0.5, 0.6) is 0 Å². The summed E-state index contributed by atoms with van der Waals surface area (Å²) in [5.74, 6) is -0.243. The second-order valence-corrected chi connectivity index (χ2v) is 7.25. The number of nitrogens with one attached hydrogen (secondary N) is 2. The Balaban J connectivity index is 1.49. The predicted molar refractivity (Wildman–Crippen MR) is 119 cm³/mol. The third kappa shape index (κ3) is 4.40. The molecule has 0 bridgehead atoms. The fraction of sp³-hybridized carbons (Fsp3) is 0.125. The highest BCUT2D eigenvalue weighted by Gasteiger charge is 2.21. The maximum Gasteiger partial charge on any atom is 0.408 e. The van der Waals surface area contributed by atoms with Crippen LogP contribution < -0.4 is 5.32 Å². The molecule has 3 N–H and O–H groups in total. The first-order valence-electron chi connectivity index (χ1n) is 9.90. The van der Waals surface area contributed by atoms with Crippen LogP contribution in [-0.2, 0) is 6.54 Å². The van der Waals surface area contributed by atoms with Gasteiger partial charge in [-0.25, -0.2) is 9.78 Å². The standard InChI is InChI=1S/C24H22N4O3/c1-16(28(24(30)31)15-17-5-3-2-4-6-17)18-7-9-19(10-8-18)23(29)27-21-12-14-26-22-20(21)11-13-25-22/h2-14,16H,15H2,1H3,(H,30,31)(H2,25,26,27,29)/t16-/m1/s1. The van der Waals surface area contributed by atoms with Crippen molar-refractivity contribution in [3.63, 3.8) is 0 Å². The first kappa shape index (κ1) is 20.2. The topological polar surface area (TPSA) is 98.3 Å². The number of carbonyl (C=O) groups is 2. The van der Waals surface area contributed by atoms with Crippen LogP contribution in [0, 0.1) is 0 Å². The molecule has 0 unspecified atom stereocenters. The molecule has 2 aromatic carbocycles. The van der Waals surface area contributed by atoms with Gasteiger partial charge in [0.2, 0.25) is 0 Å². The summed E-state index contributed by atoms with van der Waals surface area (Å²) in [5, 5.41) is 13.4. The molecule has 2 heterocycles. The minimum absolute atomic E-state index is 0.243. The van der Waals surface area contributed by atoms with Gasteiger partial charge in [-0.2, -0.15) is 0 Å². The summed E-state index contributed by atoms with van der Waals surface area (Å²) in [5.41, 5.74) is 3.59. The van der Waals surface area contributed by atoms with Crippen molar-refractivity contribution in [1.82, 2.24) is 14.9 Å². The zero-order valence-electron chi connectivity index (χ0n) is 16.9. The molecule has 0 saturated carbocycles. The Morgan fingerprint density at radius 3 is 2.52 bits per heavy atom. The molecule has 31 heavy (non-hydrogen) atoms. The zero-order chi connectivity index (χ0) is 21.8. The van der Waals surface area contributed by atoms with Gasteiger partial charge in [0.15, 0.2) is 0 Å². The minimum Gasteiger partial charge on any atom is -0.465 e. The van der Waals surface area contributed by atoms with Gasteiger partial charge in [-0.1, -0.05) is 42.5 Å². The molecule has 2 aromatic heterocycles. The summed E-state index contributed by atoms with van der Waals surface area (Å²) >= 11 is 0. The fourth-order valence-corrected chi connectivity index (χ4v) is 3.51. The Labute approximate surface area is 179 Å². The number of carboxylic acid groups (broad SMARTS) is 1. The van der Waals surface area contributed by atoms with Gasteiger partial charge in [0.1, 0.15) is 5.65 Å². The lowest BCUT2D eigenvalue weighted by molar-refractivity contribution is 0.102. The van der Waals surface area contributed by atoms with Gasteiger partial charge in [0.25, 0.3) is 5.91 Å². The number of amides is 2. The second-order valence-electron chi connectivity index (χ2n) is 7.25. The molecular formula is C24H22N4O3. The van der Waals surface area contributed by atoms with Crippen LogP contribution in [0.25, 0.3) is 11.0 Å². The van der Waals surface area contributed by atoms with Gasteiger partial charge >= 0.3 is 6.09 Å². The summed E-state index contributed by atoms with van der Waals surface area (Å²) in [6.45, 7) is 2.13. The second kappa shape index (κ2) is 8.71. The van der Waals surface area contributed by atoms with Crippen molar-refractivity contribution in [2.45, 2.75) is 19.5 Å². The van der Waals surface area contributed by atoms with E-state index >= 15 is 0 Å². The van der Waals surface area contributed by atoms with Gasteiger partial charge in [-0.15, -0.1) is 0 Å². The number of rotatable bonds is 6. The summed E-state index contributed by atoms with van der Waals surface area (Å²) < 4.78 is 0. The van der Waals surface area contributed by atoms with E-state index in [1.165, 1.54) is 4.90 Å². The molecule has 7 nitrogen and oxygen atoms in total. The monoisotopic (exact) mass is 414 g/mol. The Morgan fingerprint density at radius 1 is 1.06 bits per heavy atom. The number of hydrogen-bond donors (Lipinski definition) is 3. The predicted octanol–water partition coefficient (Wildman–Crippen LogP) is 5.06. The first-order valence-corrected chi connectivity index (χ1v) is 9.90. The van der Waals surface area contributed by atoms with Crippen LogP contribution in [0.1, 0.15) is 34.5 Å².